The summed E-state index contributed by atoms with van der Waals surface area (Å²) >= 11 is 2.88. The van der Waals surface area contributed by atoms with Crippen molar-refractivity contribution in [2.45, 2.75) is 4.90 Å². The molecular weight excluding hydrogens is 297 g/mol. The van der Waals surface area contributed by atoms with Gasteiger partial charge in [-0.1, -0.05) is 0 Å². The number of hydrogen-bond donors (Lipinski definition) is 0. The Morgan fingerprint density at radius 3 is 2.50 bits per heavy atom. The Morgan fingerprint density at radius 1 is 1.50 bits per heavy atom. The third kappa shape index (κ3) is 2.23. The summed E-state index contributed by atoms with van der Waals surface area (Å²) in [6.45, 7) is 0. The molecule has 0 N–H and O–H groups in total. The summed E-state index contributed by atoms with van der Waals surface area (Å²) in [4.78, 5) is -0.393. The molecule has 0 saturated heterocycles. The van der Waals surface area contributed by atoms with Crippen molar-refractivity contribution in [3.63, 3.8) is 0 Å². The Labute approximate surface area is 92.7 Å². The Hall–Kier alpha value is -0.640. The normalized spacial score (nSPS) is 11.0. The lowest BCUT2D eigenvalue weighted by molar-refractivity contribution is 0.600. The van der Waals surface area contributed by atoms with Gasteiger partial charge in [-0.3, -0.25) is 0 Å². The maximum atomic E-state index is 13.0. The highest BCUT2D eigenvalue weighted by molar-refractivity contribution is 9.10. The number of halogens is 3. The molecule has 0 amide bonds. The monoisotopic (exact) mass is 297 g/mol. The lowest BCUT2D eigenvalue weighted by Gasteiger charge is -2.01. The molecule has 14 heavy (non-hydrogen) atoms. The van der Waals surface area contributed by atoms with E-state index in [4.69, 9.17) is 15.9 Å². The van der Waals surface area contributed by atoms with Crippen molar-refractivity contribution in [2.75, 3.05) is 0 Å². The van der Waals surface area contributed by atoms with E-state index in [0.717, 1.165) is 6.07 Å². The molecule has 0 radical (unpaired) electrons. The first-order chi connectivity index (χ1) is 6.36. The van der Waals surface area contributed by atoms with Crippen LogP contribution in [0.2, 0.25) is 0 Å². The lowest BCUT2D eigenvalue weighted by atomic mass is 10.2. The van der Waals surface area contributed by atoms with Crippen molar-refractivity contribution in [3.05, 3.63) is 28.0 Å². The molecule has 1 rings (SSSR count). The van der Waals surface area contributed by atoms with Crippen LogP contribution in [0, 0.1) is 17.1 Å². The SMILES string of the molecule is N#Cc1cc(Br)c(S(=O)(=O)Cl)cc1F. The molecule has 1 aromatic rings. The molecule has 0 aliphatic carbocycles. The topological polar surface area (TPSA) is 57.9 Å². The maximum Gasteiger partial charge on any atom is 0.262 e. The summed E-state index contributed by atoms with van der Waals surface area (Å²) < 4.78 is 34.8. The zero-order chi connectivity index (χ0) is 10.9. The van der Waals surface area contributed by atoms with Gasteiger partial charge in [-0.15, -0.1) is 0 Å². The molecule has 0 saturated carbocycles. The number of nitrogens with zero attached hydrogens (tertiary/aromatic N) is 1. The molecular formula is C7H2BrClFNO2S. The van der Waals surface area contributed by atoms with Gasteiger partial charge in [0.05, 0.1) is 10.5 Å². The van der Waals surface area contributed by atoms with Crippen LogP contribution in [0.25, 0.3) is 0 Å². The molecule has 0 aliphatic rings. The molecule has 0 unspecified atom stereocenters. The molecule has 0 heterocycles. The van der Waals surface area contributed by atoms with Crippen LogP contribution in [-0.2, 0) is 9.05 Å². The van der Waals surface area contributed by atoms with Crippen molar-refractivity contribution in [1.82, 2.24) is 0 Å². The molecule has 3 nitrogen and oxygen atoms in total. The Kier molecular flexibility index (Phi) is 3.14. The highest BCUT2D eigenvalue weighted by atomic mass is 79.9. The number of nitriles is 1. The summed E-state index contributed by atoms with van der Waals surface area (Å²) in [6, 6.07) is 3.33. The van der Waals surface area contributed by atoms with E-state index in [-0.39, 0.29) is 10.0 Å². The van der Waals surface area contributed by atoms with Gasteiger partial charge < -0.3 is 0 Å². The minimum Gasteiger partial charge on any atom is -0.207 e. The van der Waals surface area contributed by atoms with E-state index in [9.17, 15) is 12.8 Å². The van der Waals surface area contributed by atoms with Crippen LogP contribution in [0.4, 0.5) is 4.39 Å². The molecule has 7 heteroatoms. The van der Waals surface area contributed by atoms with E-state index in [1.807, 2.05) is 0 Å². The van der Waals surface area contributed by atoms with Crippen LogP contribution in [0.3, 0.4) is 0 Å². The number of benzene rings is 1. The van der Waals surface area contributed by atoms with Crippen LogP contribution in [-0.4, -0.2) is 8.42 Å². The third-order valence-corrected chi connectivity index (χ3v) is 3.69. The van der Waals surface area contributed by atoms with Gasteiger partial charge >= 0.3 is 0 Å². The fraction of sp³-hybridized carbons (Fsp3) is 0. The van der Waals surface area contributed by atoms with Gasteiger partial charge in [0, 0.05) is 15.2 Å². The van der Waals surface area contributed by atoms with Crippen LogP contribution in [0.5, 0.6) is 0 Å². The second kappa shape index (κ2) is 3.85. The fourth-order valence-corrected chi connectivity index (χ4v) is 2.98. The quantitative estimate of drug-likeness (QED) is 0.748. The predicted octanol–water partition coefficient (Wildman–Crippen LogP) is 2.39. The Bertz CT molecular complexity index is 523. The van der Waals surface area contributed by atoms with Crippen LogP contribution in [0.1, 0.15) is 5.56 Å². The van der Waals surface area contributed by atoms with Crippen LogP contribution in [0.15, 0.2) is 21.5 Å². The zero-order valence-corrected chi connectivity index (χ0v) is 9.62. The lowest BCUT2D eigenvalue weighted by Crippen LogP contribution is -1.95. The summed E-state index contributed by atoms with van der Waals surface area (Å²) in [5.74, 6) is -0.921. The van der Waals surface area contributed by atoms with E-state index < -0.39 is 19.8 Å². The van der Waals surface area contributed by atoms with Gasteiger partial charge in [0.25, 0.3) is 9.05 Å². The highest BCUT2D eigenvalue weighted by Crippen LogP contribution is 2.27. The van der Waals surface area contributed by atoms with Gasteiger partial charge in [0.1, 0.15) is 11.9 Å². The van der Waals surface area contributed by atoms with E-state index in [1.54, 1.807) is 6.07 Å². The average molecular weight is 299 g/mol. The first kappa shape index (κ1) is 11.4. The van der Waals surface area contributed by atoms with Crippen molar-refractivity contribution >= 4 is 35.7 Å². The van der Waals surface area contributed by atoms with Crippen molar-refractivity contribution in [2.24, 2.45) is 0 Å². The molecule has 0 spiro atoms. The summed E-state index contributed by atoms with van der Waals surface area (Å²) in [5, 5.41) is 8.44. The van der Waals surface area contributed by atoms with Crippen molar-refractivity contribution in [1.29, 1.82) is 5.26 Å². The van der Waals surface area contributed by atoms with Crippen molar-refractivity contribution in [3.8, 4) is 6.07 Å². The minimum atomic E-state index is -4.01. The second-order valence-electron chi connectivity index (χ2n) is 2.31. The van der Waals surface area contributed by atoms with E-state index in [0.29, 0.717) is 6.07 Å². The smallest absolute Gasteiger partial charge is 0.207 e. The molecule has 0 bridgehead atoms. The van der Waals surface area contributed by atoms with Crippen LogP contribution < -0.4 is 0 Å². The third-order valence-electron chi connectivity index (χ3n) is 1.40. The van der Waals surface area contributed by atoms with Gasteiger partial charge in [0.2, 0.25) is 0 Å². The van der Waals surface area contributed by atoms with E-state index >= 15 is 0 Å². The van der Waals surface area contributed by atoms with Crippen molar-refractivity contribution < 1.29 is 12.8 Å². The Morgan fingerprint density at radius 2 is 2.07 bits per heavy atom. The molecule has 0 aliphatic heterocycles. The molecule has 0 fully saturated rings. The van der Waals surface area contributed by atoms with Gasteiger partial charge in [-0.05, 0) is 28.1 Å². The molecule has 74 valence electrons. The van der Waals surface area contributed by atoms with Gasteiger partial charge in [0.15, 0.2) is 0 Å². The molecule has 0 aromatic heterocycles. The minimum absolute atomic E-state index is 0.0606. The maximum absolute atomic E-state index is 13.0. The summed E-state index contributed by atoms with van der Waals surface area (Å²) in [7, 11) is 1.02. The van der Waals surface area contributed by atoms with E-state index in [2.05, 4.69) is 15.9 Å². The zero-order valence-electron chi connectivity index (χ0n) is 6.46. The van der Waals surface area contributed by atoms with Crippen LogP contribution >= 0.6 is 26.6 Å². The van der Waals surface area contributed by atoms with Gasteiger partial charge in [-0.2, -0.15) is 5.26 Å². The molecule has 0 atom stereocenters. The number of hydrogen-bond acceptors (Lipinski definition) is 3. The summed E-state index contributed by atoms with van der Waals surface area (Å²) in [5.41, 5.74) is -0.249. The predicted molar refractivity (Wildman–Crippen MR) is 51.9 cm³/mol. The van der Waals surface area contributed by atoms with E-state index in [1.165, 1.54) is 0 Å². The average Bonchev–Trinajstić information content (AvgIpc) is 2.06. The van der Waals surface area contributed by atoms with Gasteiger partial charge in [-0.25, -0.2) is 12.8 Å². The largest absolute Gasteiger partial charge is 0.262 e. The number of rotatable bonds is 1. The first-order valence-corrected chi connectivity index (χ1v) is 6.30. The first-order valence-electron chi connectivity index (χ1n) is 3.20. The molecule has 1 aromatic carbocycles. The second-order valence-corrected chi connectivity index (χ2v) is 5.70. The standard InChI is InChI=1S/C7H2BrClFNO2S/c8-5-1-4(3-11)6(10)2-7(5)14(9,12)13/h1-2H. The Balaban J connectivity index is 3.54. The highest BCUT2D eigenvalue weighted by Gasteiger charge is 2.17. The fourth-order valence-electron chi connectivity index (χ4n) is 0.801. The summed E-state index contributed by atoms with van der Waals surface area (Å²) in [6.07, 6.45) is 0.